The molecule has 5 N–H and O–H groups in total. The van der Waals surface area contributed by atoms with E-state index in [-0.39, 0.29) is 25.3 Å². The summed E-state index contributed by atoms with van der Waals surface area (Å²) in [6.45, 7) is 1.96. The van der Waals surface area contributed by atoms with Gasteiger partial charge < -0.3 is 26.4 Å². The minimum absolute atomic E-state index is 0.101. The zero-order chi connectivity index (χ0) is 16.4. The van der Waals surface area contributed by atoms with Gasteiger partial charge in [0.2, 0.25) is 11.8 Å². The third kappa shape index (κ3) is 7.75. The molecule has 0 heterocycles. The highest BCUT2D eigenvalue weighted by molar-refractivity contribution is 5.87. The summed E-state index contributed by atoms with van der Waals surface area (Å²) in [5.74, 6) is -2.27. The van der Waals surface area contributed by atoms with E-state index in [1.165, 1.54) is 11.9 Å². The average Bonchev–Trinajstić information content (AvgIpc) is 2.41. The Morgan fingerprint density at radius 3 is 2.33 bits per heavy atom. The van der Waals surface area contributed by atoms with E-state index in [1.54, 1.807) is 0 Å². The number of carbonyl (C=O) groups excluding carboxylic acids is 3. The predicted octanol–water partition coefficient (Wildman–Crippen LogP) is -1.13. The van der Waals surface area contributed by atoms with E-state index in [0.717, 1.165) is 0 Å². The summed E-state index contributed by atoms with van der Waals surface area (Å²) < 4.78 is 0. The van der Waals surface area contributed by atoms with Crippen LogP contribution in [0.4, 0.5) is 4.79 Å². The number of hydrogen-bond donors (Lipinski definition) is 4. The first-order valence-corrected chi connectivity index (χ1v) is 6.58. The zero-order valence-corrected chi connectivity index (χ0v) is 12.2. The van der Waals surface area contributed by atoms with Gasteiger partial charge in [-0.15, -0.1) is 0 Å². The van der Waals surface area contributed by atoms with E-state index in [9.17, 15) is 19.2 Å². The summed E-state index contributed by atoms with van der Waals surface area (Å²) in [5, 5.41) is 13.7. The molecule has 0 radical (unpaired) electrons. The van der Waals surface area contributed by atoms with Crippen molar-refractivity contribution in [3.63, 3.8) is 0 Å². The lowest BCUT2D eigenvalue weighted by Crippen LogP contribution is -2.50. The molecule has 0 aromatic heterocycles. The van der Waals surface area contributed by atoms with Gasteiger partial charge in [0.25, 0.3) is 0 Å². The number of urea groups is 1. The molecule has 120 valence electrons. The van der Waals surface area contributed by atoms with Crippen LogP contribution in [0.3, 0.4) is 0 Å². The van der Waals surface area contributed by atoms with Gasteiger partial charge >= 0.3 is 12.0 Å². The lowest BCUT2D eigenvalue weighted by molar-refractivity contribution is -0.139. The molecule has 0 bridgehead atoms. The summed E-state index contributed by atoms with van der Waals surface area (Å²) in [6, 6.07) is -1.90. The molecule has 0 spiro atoms. The number of carbonyl (C=O) groups is 4. The first-order valence-electron chi connectivity index (χ1n) is 6.58. The van der Waals surface area contributed by atoms with E-state index < -0.39 is 23.9 Å². The van der Waals surface area contributed by atoms with Gasteiger partial charge in [0.15, 0.2) is 0 Å². The number of nitrogens with one attached hydrogen (secondary N) is 2. The molecule has 9 nitrogen and oxygen atoms in total. The van der Waals surface area contributed by atoms with E-state index in [1.807, 2.05) is 6.92 Å². The molecule has 9 heteroatoms. The molecule has 0 aliphatic rings. The molecule has 0 saturated carbocycles. The number of carboxylic acid groups (broad SMARTS) is 1. The second-order valence-corrected chi connectivity index (χ2v) is 4.44. The Bertz CT molecular complexity index is 399. The van der Waals surface area contributed by atoms with Gasteiger partial charge in [0.1, 0.15) is 12.6 Å². The van der Waals surface area contributed by atoms with Crippen LogP contribution in [-0.2, 0) is 14.4 Å². The van der Waals surface area contributed by atoms with Gasteiger partial charge in [-0.3, -0.25) is 9.59 Å². The fourth-order valence-electron chi connectivity index (χ4n) is 1.56. The molecule has 4 amide bonds. The number of hydrogen-bond acceptors (Lipinski definition) is 4. The van der Waals surface area contributed by atoms with Crippen LogP contribution in [0.15, 0.2) is 0 Å². The van der Waals surface area contributed by atoms with Gasteiger partial charge in [-0.1, -0.05) is 6.92 Å². The van der Waals surface area contributed by atoms with Crippen molar-refractivity contribution in [2.24, 2.45) is 5.73 Å². The molecule has 0 aliphatic heterocycles. The van der Waals surface area contributed by atoms with Crippen molar-refractivity contribution in [3.05, 3.63) is 0 Å². The lowest BCUT2D eigenvalue weighted by atomic mass is 10.1. The topological polar surface area (TPSA) is 142 Å². The number of carboxylic acids is 1. The van der Waals surface area contributed by atoms with Crippen molar-refractivity contribution in [2.75, 3.05) is 20.1 Å². The molecule has 0 aromatic rings. The van der Waals surface area contributed by atoms with Crippen LogP contribution in [0.2, 0.25) is 0 Å². The van der Waals surface area contributed by atoms with E-state index in [2.05, 4.69) is 10.6 Å². The molecule has 0 aromatic carbocycles. The molecule has 0 unspecified atom stereocenters. The van der Waals surface area contributed by atoms with Gasteiger partial charge in [-0.2, -0.15) is 0 Å². The smallest absolute Gasteiger partial charge is 0.326 e. The average molecular weight is 302 g/mol. The monoisotopic (exact) mass is 302 g/mol. The summed E-state index contributed by atoms with van der Waals surface area (Å²) in [6.07, 6.45) is 0.361. The van der Waals surface area contributed by atoms with E-state index in [0.29, 0.717) is 13.0 Å². The van der Waals surface area contributed by atoms with Crippen LogP contribution in [0.5, 0.6) is 0 Å². The van der Waals surface area contributed by atoms with Crippen molar-refractivity contribution in [1.29, 1.82) is 0 Å². The first-order chi connectivity index (χ1) is 9.81. The molecule has 1 atom stereocenters. The van der Waals surface area contributed by atoms with Crippen LogP contribution in [0.25, 0.3) is 0 Å². The Hall–Kier alpha value is -2.32. The van der Waals surface area contributed by atoms with Crippen LogP contribution in [-0.4, -0.2) is 60.0 Å². The van der Waals surface area contributed by atoms with Crippen LogP contribution >= 0.6 is 0 Å². The minimum Gasteiger partial charge on any atom is -0.480 e. The maximum atomic E-state index is 12.0. The maximum Gasteiger partial charge on any atom is 0.326 e. The number of rotatable bonds is 9. The predicted molar refractivity (Wildman–Crippen MR) is 74.3 cm³/mol. The fraction of sp³-hybridized carbons (Fsp3) is 0.667. The SMILES string of the molecule is CCCN(CC(=O)NC)C(=O)N[C@@H](CCC(N)=O)C(=O)O. The molecule has 0 aliphatic carbocycles. The Kier molecular flexibility index (Phi) is 8.51. The summed E-state index contributed by atoms with van der Waals surface area (Å²) in [5.41, 5.74) is 4.96. The van der Waals surface area contributed by atoms with E-state index >= 15 is 0 Å². The molecule has 0 fully saturated rings. The van der Waals surface area contributed by atoms with Crippen LogP contribution < -0.4 is 16.4 Å². The third-order valence-electron chi connectivity index (χ3n) is 2.67. The van der Waals surface area contributed by atoms with E-state index in [4.69, 9.17) is 10.8 Å². The first kappa shape index (κ1) is 18.7. The quantitative estimate of drug-likeness (QED) is 0.426. The Morgan fingerprint density at radius 1 is 1.29 bits per heavy atom. The highest BCUT2D eigenvalue weighted by atomic mass is 16.4. The second kappa shape index (κ2) is 9.56. The number of aliphatic carboxylic acids is 1. The molecular weight excluding hydrogens is 280 g/mol. The number of nitrogens with two attached hydrogens (primary N) is 1. The molecular formula is C12H22N4O5. The maximum absolute atomic E-state index is 12.0. The third-order valence-corrected chi connectivity index (χ3v) is 2.67. The van der Waals surface area contributed by atoms with Crippen molar-refractivity contribution in [1.82, 2.24) is 15.5 Å². The van der Waals surface area contributed by atoms with Crippen molar-refractivity contribution < 1.29 is 24.3 Å². The Balaban J connectivity index is 4.69. The van der Waals surface area contributed by atoms with Crippen LogP contribution in [0, 0.1) is 0 Å². The molecule has 21 heavy (non-hydrogen) atoms. The summed E-state index contributed by atoms with van der Waals surface area (Å²) in [4.78, 5) is 46.3. The van der Waals surface area contributed by atoms with Gasteiger partial charge in [0.05, 0.1) is 0 Å². The van der Waals surface area contributed by atoms with Crippen molar-refractivity contribution in [2.45, 2.75) is 32.2 Å². The summed E-state index contributed by atoms with van der Waals surface area (Å²) in [7, 11) is 1.44. The fourth-order valence-corrected chi connectivity index (χ4v) is 1.56. The number of amides is 4. The molecule has 0 rings (SSSR count). The van der Waals surface area contributed by atoms with Gasteiger partial charge in [0, 0.05) is 20.0 Å². The Morgan fingerprint density at radius 2 is 1.90 bits per heavy atom. The van der Waals surface area contributed by atoms with Crippen LogP contribution in [0.1, 0.15) is 26.2 Å². The Labute approximate surface area is 122 Å². The van der Waals surface area contributed by atoms with Gasteiger partial charge in [-0.25, -0.2) is 9.59 Å². The number of nitrogens with zero attached hydrogens (tertiary/aromatic N) is 1. The number of primary amides is 1. The van der Waals surface area contributed by atoms with Crippen molar-refractivity contribution in [3.8, 4) is 0 Å². The second-order valence-electron chi connectivity index (χ2n) is 4.44. The lowest BCUT2D eigenvalue weighted by Gasteiger charge is -2.24. The zero-order valence-electron chi connectivity index (χ0n) is 12.2. The number of likely N-dealkylation sites (N-methyl/N-ethyl adjacent to an activating group) is 1. The minimum atomic E-state index is -1.26. The highest BCUT2D eigenvalue weighted by Crippen LogP contribution is 2.00. The summed E-state index contributed by atoms with van der Waals surface area (Å²) >= 11 is 0. The highest BCUT2D eigenvalue weighted by Gasteiger charge is 2.24. The normalized spacial score (nSPS) is 11.3. The van der Waals surface area contributed by atoms with Crippen molar-refractivity contribution >= 4 is 23.8 Å². The molecule has 0 saturated heterocycles. The largest absolute Gasteiger partial charge is 0.480 e. The van der Waals surface area contributed by atoms with Gasteiger partial charge in [-0.05, 0) is 12.8 Å². The standard InChI is InChI=1S/C12H22N4O5/c1-3-6-16(7-10(18)14-2)12(21)15-8(11(19)20)4-5-9(13)17/h8H,3-7H2,1-2H3,(H2,13,17)(H,14,18)(H,15,21)(H,19,20)/t8-/m0/s1.